The van der Waals surface area contributed by atoms with Crippen LogP contribution in [0, 0.1) is 5.92 Å². The molecular weight excluding hydrogens is 214 g/mol. The van der Waals surface area contributed by atoms with Gasteiger partial charge in [-0.1, -0.05) is 31.2 Å². The highest BCUT2D eigenvalue weighted by atomic mass is 16.3. The number of amides is 1. The molecule has 1 N–H and O–H groups in total. The van der Waals surface area contributed by atoms with E-state index in [1.54, 1.807) is 0 Å². The first-order valence-corrected chi connectivity index (χ1v) is 6.22. The Hall–Kier alpha value is -1.35. The summed E-state index contributed by atoms with van der Waals surface area (Å²) >= 11 is 0. The van der Waals surface area contributed by atoms with Gasteiger partial charge in [-0.2, -0.15) is 0 Å². The van der Waals surface area contributed by atoms with Crippen molar-refractivity contribution in [1.29, 1.82) is 0 Å². The monoisotopic (exact) mass is 233 g/mol. The highest BCUT2D eigenvalue weighted by Crippen LogP contribution is 2.20. The number of fused-ring (bicyclic) bond motifs is 1. The van der Waals surface area contributed by atoms with Gasteiger partial charge in [-0.15, -0.1) is 0 Å². The highest BCUT2D eigenvalue weighted by Gasteiger charge is 2.25. The number of nitrogens with zero attached hydrogens (tertiary/aromatic N) is 1. The van der Waals surface area contributed by atoms with Crippen molar-refractivity contribution in [3.63, 3.8) is 0 Å². The zero-order chi connectivity index (χ0) is 12.3. The molecule has 0 saturated carbocycles. The Morgan fingerprint density at radius 1 is 1.41 bits per heavy atom. The van der Waals surface area contributed by atoms with Gasteiger partial charge in [0.15, 0.2) is 0 Å². The third-order valence-electron chi connectivity index (χ3n) is 3.50. The van der Waals surface area contributed by atoms with E-state index in [4.69, 9.17) is 0 Å². The summed E-state index contributed by atoms with van der Waals surface area (Å²) < 4.78 is 0. The maximum Gasteiger partial charge on any atom is 0.228 e. The summed E-state index contributed by atoms with van der Waals surface area (Å²) in [6, 6.07) is 8.25. The third kappa shape index (κ3) is 2.50. The predicted octanol–water partition coefficient (Wildman–Crippen LogP) is 1.59. The molecule has 92 valence electrons. The van der Waals surface area contributed by atoms with Crippen LogP contribution in [0.3, 0.4) is 0 Å². The van der Waals surface area contributed by atoms with Gasteiger partial charge in [0.05, 0.1) is 12.5 Å². The van der Waals surface area contributed by atoms with Crippen molar-refractivity contribution in [1.82, 2.24) is 4.90 Å². The number of aliphatic hydroxyl groups excluding tert-OH is 1. The SMILES string of the molecule is CCC(CO)C(=O)N1CCc2ccccc2C1. The second kappa shape index (κ2) is 5.32. The van der Waals surface area contributed by atoms with Crippen LogP contribution >= 0.6 is 0 Å². The fourth-order valence-corrected chi connectivity index (χ4v) is 2.32. The zero-order valence-corrected chi connectivity index (χ0v) is 10.2. The van der Waals surface area contributed by atoms with Gasteiger partial charge in [0, 0.05) is 13.1 Å². The molecule has 1 heterocycles. The van der Waals surface area contributed by atoms with Crippen LogP contribution in [0.4, 0.5) is 0 Å². The lowest BCUT2D eigenvalue weighted by atomic mass is 9.98. The standard InChI is InChI=1S/C14H19NO2/c1-2-11(10-16)14(17)15-8-7-12-5-3-4-6-13(12)9-15/h3-6,11,16H,2,7-10H2,1H3. The number of rotatable bonds is 3. The van der Waals surface area contributed by atoms with Gasteiger partial charge >= 0.3 is 0 Å². The molecule has 2 rings (SSSR count). The van der Waals surface area contributed by atoms with E-state index in [1.807, 2.05) is 24.0 Å². The predicted molar refractivity (Wildman–Crippen MR) is 66.4 cm³/mol. The number of aliphatic hydroxyl groups is 1. The first-order chi connectivity index (χ1) is 8.26. The van der Waals surface area contributed by atoms with Crippen LogP contribution in [0.15, 0.2) is 24.3 Å². The fourth-order valence-electron chi connectivity index (χ4n) is 2.32. The molecular formula is C14H19NO2. The van der Waals surface area contributed by atoms with Crippen LogP contribution in [-0.2, 0) is 17.8 Å². The lowest BCUT2D eigenvalue weighted by Crippen LogP contribution is -2.40. The third-order valence-corrected chi connectivity index (χ3v) is 3.50. The number of carbonyl (C=O) groups excluding carboxylic acids is 1. The largest absolute Gasteiger partial charge is 0.396 e. The van der Waals surface area contributed by atoms with Gasteiger partial charge < -0.3 is 10.0 Å². The molecule has 1 aromatic carbocycles. The molecule has 0 aliphatic carbocycles. The Bertz CT molecular complexity index is 399. The number of hydrogen-bond donors (Lipinski definition) is 1. The van der Waals surface area contributed by atoms with Crippen molar-refractivity contribution in [3.05, 3.63) is 35.4 Å². The molecule has 1 aromatic rings. The molecule has 1 aliphatic heterocycles. The van der Waals surface area contributed by atoms with Crippen molar-refractivity contribution >= 4 is 5.91 Å². The molecule has 0 radical (unpaired) electrons. The molecule has 1 aliphatic rings. The van der Waals surface area contributed by atoms with Crippen LogP contribution in [0.1, 0.15) is 24.5 Å². The van der Waals surface area contributed by atoms with E-state index < -0.39 is 0 Å². The van der Waals surface area contributed by atoms with Crippen LogP contribution in [0.5, 0.6) is 0 Å². The second-order valence-electron chi connectivity index (χ2n) is 4.57. The van der Waals surface area contributed by atoms with Crippen LogP contribution in [0.2, 0.25) is 0 Å². The first kappa shape index (κ1) is 12.1. The molecule has 0 saturated heterocycles. The minimum absolute atomic E-state index is 0.0481. The van der Waals surface area contributed by atoms with Gasteiger partial charge in [-0.3, -0.25) is 4.79 Å². The molecule has 1 unspecified atom stereocenters. The molecule has 17 heavy (non-hydrogen) atoms. The molecule has 1 atom stereocenters. The van der Waals surface area contributed by atoms with E-state index in [1.165, 1.54) is 11.1 Å². The number of benzene rings is 1. The molecule has 0 fully saturated rings. The van der Waals surface area contributed by atoms with Gasteiger partial charge in [0.25, 0.3) is 0 Å². The Labute approximate surface area is 102 Å². The average molecular weight is 233 g/mol. The van der Waals surface area contributed by atoms with Crippen molar-refractivity contribution in [2.75, 3.05) is 13.2 Å². The summed E-state index contributed by atoms with van der Waals surface area (Å²) in [6.07, 6.45) is 1.62. The normalized spacial score (nSPS) is 16.5. The summed E-state index contributed by atoms with van der Waals surface area (Å²) in [5, 5.41) is 9.17. The Morgan fingerprint density at radius 2 is 2.12 bits per heavy atom. The van der Waals surface area contributed by atoms with Crippen molar-refractivity contribution in [3.8, 4) is 0 Å². The smallest absolute Gasteiger partial charge is 0.228 e. The Balaban J connectivity index is 2.09. The Kier molecular flexibility index (Phi) is 3.79. The lowest BCUT2D eigenvalue weighted by Gasteiger charge is -2.31. The highest BCUT2D eigenvalue weighted by molar-refractivity contribution is 5.79. The van der Waals surface area contributed by atoms with E-state index in [9.17, 15) is 9.90 Å². The average Bonchev–Trinajstić information content (AvgIpc) is 2.39. The zero-order valence-electron chi connectivity index (χ0n) is 10.2. The van der Waals surface area contributed by atoms with Crippen LogP contribution < -0.4 is 0 Å². The van der Waals surface area contributed by atoms with Gasteiger partial charge in [0.1, 0.15) is 0 Å². The Morgan fingerprint density at radius 3 is 2.76 bits per heavy atom. The molecule has 1 amide bonds. The van der Waals surface area contributed by atoms with Crippen molar-refractivity contribution < 1.29 is 9.90 Å². The maximum atomic E-state index is 12.1. The molecule has 3 heteroatoms. The molecule has 0 aromatic heterocycles. The van der Waals surface area contributed by atoms with Crippen molar-refractivity contribution in [2.45, 2.75) is 26.3 Å². The van der Waals surface area contributed by atoms with E-state index in [0.29, 0.717) is 13.0 Å². The van der Waals surface area contributed by atoms with E-state index >= 15 is 0 Å². The van der Waals surface area contributed by atoms with Crippen LogP contribution in [0.25, 0.3) is 0 Å². The number of hydrogen-bond acceptors (Lipinski definition) is 2. The summed E-state index contributed by atoms with van der Waals surface area (Å²) in [7, 11) is 0. The quantitative estimate of drug-likeness (QED) is 0.861. The molecule has 3 nitrogen and oxygen atoms in total. The van der Waals surface area contributed by atoms with E-state index in [2.05, 4.69) is 12.1 Å². The van der Waals surface area contributed by atoms with Crippen LogP contribution in [-0.4, -0.2) is 29.1 Å². The summed E-state index contributed by atoms with van der Waals surface area (Å²) in [4.78, 5) is 14.0. The summed E-state index contributed by atoms with van der Waals surface area (Å²) in [5.41, 5.74) is 2.58. The fraction of sp³-hybridized carbons (Fsp3) is 0.500. The summed E-state index contributed by atoms with van der Waals surface area (Å²) in [5.74, 6) is -0.148. The van der Waals surface area contributed by atoms with Gasteiger partial charge in [-0.05, 0) is 24.0 Å². The van der Waals surface area contributed by atoms with E-state index in [-0.39, 0.29) is 18.4 Å². The summed E-state index contributed by atoms with van der Waals surface area (Å²) in [6.45, 7) is 3.35. The minimum atomic E-state index is -0.236. The molecule has 0 bridgehead atoms. The topological polar surface area (TPSA) is 40.5 Å². The second-order valence-corrected chi connectivity index (χ2v) is 4.57. The van der Waals surface area contributed by atoms with Gasteiger partial charge in [-0.25, -0.2) is 0 Å². The molecule has 0 spiro atoms. The van der Waals surface area contributed by atoms with E-state index in [0.717, 1.165) is 13.0 Å². The number of carbonyl (C=O) groups is 1. The lowest BCUT2D eigenvalue weighted by molar-refractivity contribution is -0.137. The van der Waals surface area contributed by atoms with Gasteiger partial charge in [0.2, 0.25) is 5.91 Å². The van der Waals surface area contributed by atoms with Crippen molar-refractivity contribution in [2.24, 2.45) is 5.92 Å². The first-order valence-electron chi connectivity index (χ1n) is 6.22. The minimum Gasteiger partial charge on any atom is -0.396 e. The maximum absolute atomic E-state index is 12.1.